The number of hydrogen-bond donors (Lipinski definition) is 0. The van der Waals surface area contributed by atoms with Crippen molar-refractivity contribution in [2.24, 2.45) is 4.99 Å². The molecule has 14 heavy (non-hydrogen) atoms. The normalized spacial score (nSPS) is 15.6. The Morgan fingerprint density at radius 3 is 3.07 bits per heavy atom. The van der Waals surface area contributed by atoms with Gasteiger partial charge in [-0.2, -0.15) is 0 Å². The molecule has 1 aliphatic heterocycles. The van der Waals surface area contributed by atoms with Crippen molar-refractivity contribution in [3.05, 3.63) is 35.2 Å². The first-order valence-electron chi connectivity index (χ1n) is 4.41. The Bertz CT molecular complexity index is 356. The molecule has 2 heterocycles. The predicted octanol–water partition coefficient (Wildman–Crippen LogP) is 2.25. The van der Waals surface area contributed by atoms with E-state index in [-0.39, 0.29) is 0 Å². The average Bonchev–Trinajstić information content (AvgIpc) is 2.47. The number of nitrogens with zero attached hydrogens (tertiary/aromatic N) is 3. The number of aliphatic imine (C=N–C) groups is 1. The molecule has 72 valence electrons. The first-order chi connectivity index (χ1) is 6.86. The molecule has 0 aromatic carbocycles. The monoisotopic (exact) mass is 251 g/mol. The van der Waals surface area contributed by atoms with Crippen molar-refractivity contribution in [2.45, 2.75) is 0 Å². The minimum Gasteiger partial charge on any atom is -0.345 e. The van der Waals surface area contributed by atoms with Gasteiger partial charge in [0.25, 0.3) is 0 Å². The summed E-state index contributed by atoms with van der Waals surface area (Å²) in [5, 5.41) is 0. The van der Waals surface area contributed by atoms with Crippen molar-refractivity contribution >= 4 is 27.8 Å². The molecule has 0 N–H and O–H groups in total. The Kier molecular flexibility index (Phi) is 2.93. The van der Waals surface area contributed by atoms with Gasteiger partial charge in [-0.1, -0.05) is 0 Å². The van der Waals surface area contributed by atoms with E-state index in [0.29, 0.717) is 0 Å². The summed E-state index contributed by atoms with van der Waals surface area (Å²) in [7, 11) is 0. The second-order valence-corrected chi connectivity index (χ2v) is 3.74. The summed E-state index contributed by atoms with van der Waals surface area (Å²) >= 11 is 3.31. The number of pyridine rings is 1. The van der Waals surface area contributed by atoms with Crippen molar-refractivity contribution in [2.75, 3.05) is 18.0 Å². The third-order valence-corrected chi connectivity index (χ3v) is 2.44. The van der Waals surface area contributed by atoms with E-state index in [4.69, 9.17) is 0 Å². The summed E-state index contributed by atoms with van der Waals surface area (Å²) in [6, 6.07) is 3.97. The van der Waals surface area contributed by atoms with Gasteiger partial charge in [0, 0.05) is 19.0 Å². The number of anilines is 1. The fourth-order valence-electron chi connectivity index (χ4n) is 1.27. The van der Waals surface area contributed by atoms with E-state index in [0.717, 1.165) is 23.4 Å². The van der Waals surface area contributed by atoms with Gasteiger partial charge in [-0.15, -0.1) is 0 Å². The van der Waals surface area contributed by atoms with Crippen LogP contribution in [0.15, 0.2) is 40.2 Å². The minimum absolute atomic E-state index is 0.822. The number of hydrogen-bond acceptors (Lipinski definition) is 3. The van der Waals surface area contributed by atoms with Crippen LogP contribution in [0.2, 0.25) is 0 Å². The van der Waals surface area contributed by atoms with E-state index in [9.17, 15) is 0 Å². The molecule has 0 aliphatic carbocycles. The predicted molar refractivity (Wildman–Crippen MR) is 61.8 cm³/mol. The number of halogens is 1. The molecule has 0 unspecified atom stereocenters. The molecule has 0 saturated heterocycles. The number of allylic oxidation sites excluding steroid dienone is 1. The maximum Gasteiger partial charge on any atom is 0.106 e. The van der Waals surface area contributed by atoms with Gasteiger partial charge >= 0.3 is 0 Å². The van der Waals surface area contributed by atoms with Crippen LogP contribution in [0.5, 0.6) is 0 Å². The second kappa shape index (κ2) is 4.37. The molecule has 0 spiro atoms. The standard InChI is InChI=1S/C10H10BrN3/c11-10-3-2-9(8-13-10)14-6-1-4-12-5-7-14/h1-4,6,8H,5,7H2. The number of rotatable bonds is 1. The fraction of sp³-hybridized carbons (Fsp3) is 0.200. The van der Waals surface area contributed by atoms with Crippen LogP contribution in [0.3, 0.4) is 0 Å². The van der Waals surface area contributed by atoms with E-state index in [1.807, 2.05) is 36.8 Å². The topological polar surface area (TPSA) is 28.5 Å². The lowest BCUT2D eigenvalue weighted by molar-refractivity contribution is 0.924. The summed E-state index contributed by atoms with van der Waals surface area (Å²) in [5.41, 5.74) is 1.09. The maximum absolute atomic E-state index is 4.19. The summed E-state index contributed by atoms with van der Waals surface area (Å²) in [6.07, 6.45) is 7.63. The van der Waals surface area contributed by atoms with Gasteiger partial charge in [0.05, 0.1) is 18.4 Å². The fourth-order valence-corrected chi connectivity index (χ4v) is 1.51. The van der Waals surface area contributed by atoms with Crippen LogP contribution >= 0.6 is 15.9 Å². The van der Waals surface area contributed by atoms with Gasteiger partial charge in [-0.05, 0) is 34.1 Å². The largest absolute Gasteiger partial charge is 0.345 e. The third-order valence-electron chi connectivity index (χ3n) is 1.97. The van der Waals surface area contributed by atoms with Crippen LogP contribution < -0.4 is 4.90 Å². The molecule has 0 fully saturated rings. The molecule has 0 bridgehead atoms. The summed E-state index contributed by atoms with van der Waals surface area (Å²) in [4.78, 5) is 10.5. The quantitative estimate of drug-likeness (QED) is 0.717. The SMILES string of the molecule is Brc1ccc(N2C=CC=NCC2)cn1. The first kappa shape index (κ1) is 9.40. The molecule has 4 heteroatoms. The average molecular weight is 252 g/mol. The maximum atomic E-state index is 4.19. The first-order valence-corrected chi connectivity index (χ1v) is 5.20. The third kappa shape index (κ3) is 2.20. The van der Waals surface area contributed by atoms with Gasteiger partial charge in [-0.3, -0.25) is 4.99 Å². The van der Waals surface area contributed by atoms with Gasteiger partial charge in [-0.25, -0.2) is 4.98 Å². The molecule has 1 aromatic heterocycles. The van der Waals surface area contributed by atoms with Crippen LogP contribution in [-0.4, -0.2) is 24.3 Å². The molecular formula is C10H10BrN3. The molecule has 0 amide bonds. The summed E-state index contributed by atoms with van der Waals surface area (Å²) in [6.45, 7) is 1.72. The molecule has 0 radical (unpaired) electrons. The van der Waals surface area contributed by atoms with Crippen molar-refractivity contribution in [1.82, 2.24) is 4.98 Å². The smallest absolute Gasteiger partial charge is 0.106 e. The Morgan fingerprint density at radius 2 is 2.29 bits per heavy atom. The molecule has 0 saturated carbocycles. The highest BCUT2D eigenvalue weighted by Gasteiger charge is 2.03. The molecule has 1 aliphatic rings. The lowest BCUT2D eigenvalue weighted by atomic mass is 10.3. The second-order valence-electron chi connectivity index (χ2n) is 2.93. The molecule has 3 nitrogen and oxygen atoms in total. The van der Waals surface area contributed by atoms with Gasteiger partial charge in [0.2, 0.25) is 0 Å². The van der Waals surface area contributed by atoms with Crippen LogP contribution in [0, 0.1) is 0 Å². The van der Waals surface area contributed by atoms with E-state index < -0.39 is 0 Å². The minimum atomic E-state index is 0.822. The van der Waals surface area contributed by atoms with Crippen LogP contribution in [-0.2, 0) is 0 Å². The Hall–Kier alpha value is -1.16. The molecule has 2 rings (SSSR count). The zero-order chi connectivity index (χ0) is 9.80. The Labute approximate surface area is 91.3 Å². The lowest BCUT2D eigenvalue weighted by Gasteiger charge is -2.17. The zero-order valence-corrected chi connectivity index (χ0v) is 9.18. The van der Waals surface area contributed by atoms with Crippen molar-refractivity contribution in [1.29, 1.82) is 0 Å². The van der Waals surface area contributed by atoms with Gasteiger partial charge in [0.1, 0.15) is 4.60 Å². The number of aromatic nitrogens is 1. The van der Waals surface area contributed by atoms with Crippen LogP contribution in [0.1, 0.15) is 0 Å². The van der Waals surface area contributed by atoms with Crippen molar-refractivity contribution in [3.63, 3.8) is 0 Å². The Balaban J connectivity index is 2.18. The zero-order valence-electron chi connectivity index (χ0n) is 7.60. The molecular weight excluding hydrogens is 242 g/mol. The summed E-state index contributed by atoms with van der Waals surface area (Å²) < 4.78 is 0.858. The van der Waals surface area contributed by atoms with Gasteiger partial charge in [0.15, 0.2) is 0 Å². The van der Waals surface area contributed by atoms with Crippen LogP contribution in [0.25, 0.3) is 0 Å². The van der Waals surface area contributed by atoms with Crippen molar-refractivity contribution in [3.8, 4) is 0 Å². The molecule has 1 aromatic rings. The molecule has 0 atom stereocenters. The highest BCUT2D eigenvalue weighted by molar-refractivity contribution is 9.10. The Morgan fingerprint density at radius 1 is 1.36 bits per heavy atom. The van der Waals surface area contributed by atoms with Crippen molar-refractivity contribution < 1.29 is 0 Å². The van der Waals surface area contributed by atoms with Crippen LogP contribution in [0.4, 0.5) is 5.69 Å². The summed E-state index contributed by atoms with van der Waals surface area (Å²) in [5.74, 6) is 0. The highest BCUT2D eigenvalue weighted by Crippen LogP contribution is 2.16. The van der Waals surface area contributed by atoms with E-state index >= 15 is 0 Å². The van der Waals surface area contributed by atoms with Gasteiger partial charge < -0.3 is 4.90 Å². The van der Waals surface area contributed by atoms with E-state index in [1.165, 1.54) is 0 Å². The highest BCUT2D eigenvalue weighted by atomic mass is 79.9. The van der Waals surface area contributed by atoms with E-state index in [2.05, 4.69) is 30.8 Å². The lowest BCUT2D eigenvalue weighted by Crippen LogP contribution is -2.18. The van der Waals surface area contributed by atoms with E-state index in [1.54, 1.807) is 0 Å².